The summed E-state index contributed by atoms with van der Waals surface area (Å²) in [6.07, 6.45) is 0.416. The van der Waals surface area contributed by atoms with Crippen LogP contribution in [0.4, 0.5) is 4.39 Å². The molecule has 0 saturated carbocycles. The quantitative estimate of drug-likeness (QED) is 0.392. The number of carbonyl (C=O) groups is 1. The van der Waals surface area contributed by atoms with Crippen molar-refractivity contribution in [2.75, 3.05) is 12.4 Å². The monoisotopic (exact) mass is 372 g/mol. The van der Waals surface area contributed by atoms with Crippen LogP contribution >= 0.6 is 11.8 Å². The minimum Gasteiger partial charge on any atom is -0.396 e. The summed E-state index contributed by atoms with van der Waals surface area (Å²) in [5.41, 5.74) is 0.777. The molecule has 1 aromatic heterocycles. The van der Waals surface area contributed by atoms with Gasteiger partial charge in [-0.25, -0.2) is 9.37 Å². The van der Waals surface area contributed by atoms with Gasteiger partial charge in [-0.05, 0) is 42.8 Å². The molecule has 7 heteroatoms. The molecular weight excluding hydrogens is 355 g/mol. The standard InChI is InChI=1S/C19H17FN2O3S/c20-14-8-6-13(7-9-14)17(24)12-26-19-21-16-5-2-1-4-15(16)18(25)22(19)10-3-11-23/h1-2,4-9,23H,3,10-12H2. The lowest BCUT2D eigenvalue weighted by molar-refractivity contribution is 0.102. The summed E-state index contributed by atoms with van der Waals surface area (Å²) < 4.78 is 14.5. The average Bonchev–Trinajstić information content (AvgIpc) is 2.66. The van der Waals surface area contributed by atoms with Gasteiger partial charge >= 0.3 is 0 Å². The van der Waals surface area contributed by atoms with Crippen molar-refractivity contribution in [3.63, 3.8) is 0 Å². The van der Waals surface area contributed by atoms with Crippen molar-refractivity contribution in [3.05, 3.63) is 70.3 Å². The summed E-state index contributed by atoms with van der Waals surface area (Å²) in [5, 5.41) is 10.0. The van der Waals surface area contributed by atoms with E-state index in [0.717, 1.165) is 11.8 Å². The van der Waals surface area contributed by atoms with Crippen molar-refractivity contribution in [2.45, 2.75) is 18.1 Å². The number of benzene rings is 2. The maximum atomic E-state index is 13.0. The molecule has 0 aliphatic rings. The van der Waals surface area contributed by atoms with Crippen molar-refractivity contribution in [3.8, 4) is 0 Å². The number of aromatic nitrogens is 2. The van der Waals surface area contributed by atoms with Crippen LogP contribution in [0.3, 0.4) is 0 Å². The predicted octanol–water partition coefficient (Wildman–Crippen LogP) is 2.89. The highest BCUT2D eigenvalue weighted by Gasteiger charge is 2.14. The Bertz CT molecular complexity index is 986. The first kappa shape index (κ1) is 18.3. The van der Waals surface area contributed by atoms with E-state index in [-0.39, 0.29) is 23.7 Å². The molecule has 0 fully saturated rings. The Morgan fingerprint density at radius 3 is 2.62 bits per heavy atom. The number of fused-ring (bicyclic) bond motifs is 1. The summed E-state index contributed by atoms with van der Waals surface area (Å²) >= 11 is 1.16. The molecule has 2 aromatic carbocycles. The van der Waals surface area contributed by atoms with Crippen LogP contribution in [-0.2, 0) is 6.54 Å². The number of nitrogens with zero attached hydrogens (tertiary/aromatic N) is 2. The SMILES string of the molecule is O=C(CSc1nc2ccccc2c(=O)n1CCCO)c1ccc(F)cc1. The number of Topliss-reactive ketones (excluding diaryl/α,β-unsaturated/α-hetero) is 1. The maximum Gasteiger partial charge on any atom is 0.262 e. The Morgan fingerprint density at radius 2 is 1.88 bits per heavy atom. The molecule has 0 amide bonds. The molecule has 3 rings (SSSR count). The van der Waals surface area contributed by atoms with Gasteiger partial charge in [-0.3, -0.25) is 14.2 Å². The van der Waals surface area contributed by atoms with E-state index in [1.807, 2.05) is 0 Å². The van der Waals surface area contributed by atoms with Crippen LogP contribution in [-0.4, -0.2) is 32.8 Å². The summed E-state index contributed by atoms with van der Waals surface area (Å²) in [6, 6.07) is 12.4. The molecule has 0 atom stereocenters. The van der Waals surface area contributed by atoms with Gasteiger partial charge in [0.05, 0.1) is 16.7 Å². The lowest BCUT2D eigenvalue weighted by atomic mass is 10.1. The smallest absolute Gasteiger partial charge is 0.262 e. The highest BCUT2D eigenvalue weighted by atomic mass is 32.2. The van der Waals surface area contributed by atoms with Crippen molar-refractivity contribution in [1.82, 2.24) is 9.55 Å². The Morgan fingerprint density at radius 1 is 1.15 bits per heavy atom. The van der Waals surface area contributed by atoms with Gasteiger partial charge in [0.25, 0.3) is 5.56 Å². The van der Waals surface area contributed by atoms with Gasteiger partial charge in [0, 0.05) is 18.7 Å². The Kier molecular flexibility index (Phi) is 5.80. The highest BCUT2D eigenvalue weighted by Crippen LogP contribution is 2.19. The highest BCUT2D eigenvalue weighted by molar-refractivity contribution is 7.99. The zero-order valence-corrected chi connectivity index (χ0v) is 14.7. The van der Waals surface area contributed by atoms with Crippen LogP contribution in [0.1, 0.15) is 16.8 Å². The third-order valence-corrected chi connectivity index (χ3v) is 4.84. The summed E-state index contributed by atoms with van der Waals surface area (Å²) in [6.45, 7) is 0.276. The fourth-order valence-corrected chi connectivity index (χ4v) is 3.45. The first-order chi connectivity index (χ1) is 12.6. The van der Waals surface area contributed by atoms with Crippen LogP contribution in [0.5, 0.6) is 0 Å². The largest absolute Gasteiger partial charge is 0.396 e. The predicted molar refractivity (Wildman–Crippen MR) is 99.2 cm³/mol. The van der Waals surface area contributed by atoms with Crippen LogP contribution in [0.2, 0.25) is 0 Å². The van der Waals surface area contributed by atoms with E-state index in [1.54, 1.807) is 24.3 Å². The number of halogens is 1. The molecule has 1 N–H and O–H groups in total. The van der Waals surface area contributed by atoms with Crippen LogP contribution < -0.4 is 5.56 Å². The molecule has 0 bridgehead atoms. The molecule has 1 heterocycles. The number of hydrogen-bond donors (Lipinski definition) is 1. The molecule has 0 unspecified atom stereocenters. The number of hydrogen-bond acceptors (Lipinski definition) is 5. The third kappa shape index (κ3) is 4.00. The van der Waals surface area contributed by atoms with Crippen LogP contribution in [0.25, 0.3) is 10.9 Å². The van der Waals surface area contributed by atoms with E-state index in [0.29, 0.717) is 34.6 Å². The number of aliphatic hydroxyl groups excluding tert-OH is 1. The number of ketones is 1. The van der Waals surface area contributed by atoms with Gasteiger partial charge in [0.1, 0.15) is 5.82 Å². The summed E-state index contributed by atoms with van der Waals surface area (Å²) in [5.74, 6) is -0.496. The number of para-hydroxylation sites is 1. The first-order valence-corrected chi connectivity index (χ1v) is 9.10. The Labute approximate surface area is 153 Å². The molecule has 26 heavy (non-hydrogen) atoms. The van der Waals surface area contributed by atoms with Crippen molar-refractivity contribution >= 4 is 28.4 Å². The zero-order chi connectivity index (χ0) is 18.5. The van der Waals surface area contributed by atoms with Gasteiger partial charge in [-0.1, -0.05) is 23.9 Å². The van der Waals surface area contributed by atoms with Gasteiger partial charge in [-0.2, -0.15) is 0 Å². The van der Waals surface area contributed by atoms with E-state index < -0.39 is 5.82 Å². The van der Waals surface area contributed by atoms with E-state index in [4.69, 9.17) is 5.11 Å². The van der Waals surface area contributed by atoms with Crippen molar-refractivity contribution in [1.29, 1.82) is 0 Å². The van der Waals surface area contributed by atoms with Crippen molar-refractivity contribution in [2.24, 2.45) is 0 Å². The normalized spacial score (nSPS) is 11.0. The maximum absolute atomic E-state index is 13.0. The number of thioether (sulfide) groups is 1. The molecule has 0 radical (unpaired) electrons. The van der Waals surface area contributed by atoms with E-state index in [9.17, 15) is 14.0 Å². The van der Waals surface area contributed by atoms with Crippen LogP contribution in [0.15, 0.2) is 58.5 Å². The minimum absolute atomic E-state index is 0.0438. The Hall–Kier alpha value is -2.51. The lowest BCUT2D eigenvalue weighted by Gasteiger charge is -2.12. The number of carbonyl (C=O) groups excluding carboxylic acids is 1. The molecule has 5 nitrogen and oxygen atoms in total. The van der Waals surface area contributed by atoms with Gasteiger partial charge in [0.15, 0.2) is 10.9 Å². The van der Waals surface area contributed by atoms with E-state index in [1.165, 1.54) is 28.8 Å². The topological polar surface area (TPSA) is 72.2 Å². The molecule has 0 saturated heterocycles. The number of rotatable bonds is 7. The molecule has 134 valence electrons. The summed E-state index contributed by atoms with van der Waals surface area (Å²) in [4.78, 5) is 29.5. The molecule has 0 spiro atoms. The summed E-state index contributed by atoms with van der Waals surface area (Å²) in [7, 11) is 0. The lowest BCUT2D eigenvalue weighted by Crippen LogP contribution is -2.24. The zero-order valence-electron chi connectivity index (χ0n) is 13.9. The van der Waals surface area contributed by atoms with Crippen molar-refractivity contribution < 1.29 is 14.3 Å². The molecular formula is C19H17FN2O3S. The van der Waals surface area contributed by atoms with Gasteiger partial charge < -0.3 is 5.11 Å². The Balaban J connectivity index is 1.89. The second kappa shape index (κ2) is 8.25. The second-order valence-electron chi connectivity index (χ2n) is 5.66. The molecule has 3 aromatic rings. The number of aliphatic hydroxyl groups is 1. The fraction of sp³-hybridized carbons (Fsp3) is 0.211. The first-order valence-electron chi connectivity index (χ1n) is 8.12. The fourth-order valence-electron chi connectivity index (χ4n) is 2.53. The molecule has 0 aliphatic heterocycles. The van der Waals surface area contributed by atoms with Crippen LogP contribution in [0, 0.1) is 5.82 Å². The molecule has 0 aliphatic carbocycles. The second-order valence-corrected chi connectivity index (χ2v) is 6.61. The van der Waals surface area contributed by atoms with E-state index >= 15 is 0 Å². The third-order valence-electron chi connectivity index (χ3n) is 3.87. The average molecular weight is 372 g/mol. The van der Waals surface area contributed by atoms with Gasteiger partial charge in [0.2, 0.25) is 0 Å². The van der Waals surface area contributed by atoms with Gasteiger partial charge in [-0.15, -0.1) is 0 Å². The van der Waals surface area contributed by atoms with E-state index in [2.05, 4.69) is 4.98 Å². The minimum atomic E-state index is -0.400.